The lowest BCUT2D eigenvalue weighted by Gasteiger charge is -2.44. The number of hydrogen-bond acceptors (Lipinski definition) is 0. The Morgan fingerprint density at radius 1 is 0.600 bits per heavy atom. The second-order valence-electron chi connectivity index (χ2n) is 10.4. The van der Waals surface area contributed by atoms with Crippen LogP contribution in [0.25, 0.3) is 0 Å². The van der Waals surface area contributed by atoms with Crippen LogP contribution in [0.2, 0.25) is 0 Å². The molecule has 0 unspecified atom stereocenters. The fraction of sp³-hybridized carbons (Fsp3) is 0.800. The molecule has 20 heavy (non-hydrogen) atoms. The molecule has 114 valence electrons. The first kappa shape index (κ1) is 15.9. The average molecular weight is 274 g/mol. The topological polar surface area (TPSA) is 0 Å². The lowest BCUT2D eigenvalue weighted by Crippen LogP contribution is -2.31. The van der Waals surface area contributed by atoms with Crippen molar-refractivity contribution < 1.29 is 0 Å². The Balaban J connectivity index is 2.40. The Hall–Kier alpha value is -0.520. The van der Waals surface area contributed by atoms with E-state index < -0.39 is 0 Å². The zero-order valence-electron chi connectivity index (χ0n) is 15.0. The van der Waals surface area contributed by atoms with Crippen LogP contribution >= 0.6 is 0 Å². The first-order valence-corrected chi connectivity index (χ1v) is 8.23. The van der Waals surface area contributed by atoms with E-state index in [0.29, 0.717) is 21.7 Å². The molecule has 0 saturated carbocycles. The molecule has 0 spiro atoms. The Morgan fingerprint density at radius 3 is 1.15 bits per heavy atom. The van der Waals surface area contributed by atoms with Crippen molar-refractivity contribution in [2.24, 2.45) is 21.7 Å². The van der Waals surface area contributed by atoms with Crippen molar-refractivity contribution in [1.29, 1.82) is 0 Å². The molecule has 2 aliphatic carbocycles. The molecule has 0 heteroatoms. The first-order valence-electron chi connectivity index (χ1n) is 8.23. The molecule has 0 fully saturated rings. The molecule has 0 atom stereocenters. The van der Waals surface area contributed by atoms with Gasteiger partial charge in [-0.05, 0) is 58.5 Å². The van der Waals surface area contributed by atoms with Crippen LogP contribution in [0.5, 0.6) is 0 Å². The van der Waals surface area contributed by atoms with Crippen LogP contribution in [0.3, 0.4) is 0 Å². The van der Waals surface area contributed by atoms with E-state index in [4.69, 9.17) is 0 Å². The summed E-state index contributed by atoms with van der Waals surface area (Å²) in [6.07, 6.45) is 10.2. The fourth-order valence-corrected chi connectivity index (χ4v) is 5.18. The fourth-order valence-electron chi connectivity index (χ4n) is 5.18. The summed E-state index contributed by atoms with van der Waals surface area (Å²) in [5.41, 5.74) is 4.80. The van der Waals surface area contributed by atoms with E-state index in [-0.39, 0.29) is 0 Å². The highest BCUT2D eigenvalue weighted by Crippen LogP contribution is 2.51. The quantitative estimate of drug-likeness (QED) is 0.510. The number of rotatable bonds is 1. The molecular formula is C20H34. The maximum Gasteiger partial charge on any atom is -0.0164 e. The summed E-state index contributed by atoms with van der Waals surface area (Å²) in [4.78, 5) is 0. The molecular weight excluding hydrogens is 240 g/mol. The van der Waals surface area contributed by atoms with E-state index in [9.17, 15) is 0 Å². The van der Waals surface area contributed by atoms with Gasteiger partial charge < -0.3 is 0 Å². The Labute approximate surface area is 126 Å². The van der Waals surface area contributed by atoms with Crippen molar-refractivity contribution in [3.8, 4) is 0 Å². The molecule has 0 aromatic carbocycles. The number of hydrogen-bond donors (Lipinski definition) is 0. The van der Waals surface area contributed by atoms with Gasteiger partial charge in [-0.3, -0.25) is 0 Å². The highest BCUT2D eigenvalue weighted by molar-refractivity contribution is 5.38. The van der Waals surface area contributed by atoms with Crippen molar-refractivity contribution >= 4 is 0 Å². The van der Waals surface area contributed by atoms with Crippen molar-refractivity contribution in [2.45, 2.75) is 81.1 Å². The first-order chi connectivity index (χ1) is 8.79. The average Bonchev–Trinajstić information content (AvgIpc) is 2.06. The van der Waals surface area contributed by atoms with E-state index in [2.05, 4.69) is 67.5 Å². The van der Waals surface area contributed by atoms with Crippen molar-refractivity contribution in [3.63, 3.8) is 0 Å². The Bertz CT molecular complexity index is 408. The summed E-state index contributed by atoms with van der Waals surface area (Å²) in [6, 6.07) is 0. The molecule has 0 radical (unpaired) electrons. The van der Waals surface area contributed by atoms with E-state index >= 15 is 0 Å². The molecule has 0 aliphatic heterocycles. The van der Waals surface area contributed by atoms with E-state index in [0.717, 1.165) is 0 Å². The minimum Gasteiger partial charge on any atom is -0.0753 e. The van der Waals surface area contributed by atoms with E-state index in [1.807, 2.05) is 0 Å². The monoisotopic (exact) mass is 274 g/mol. The molecule has 0 saturated heterocycles. The molecule has 0 heterocycles. The molecule has 2 rings (SSSR count). The van der Waals surface area contributed by atoms with E-state index in [1.165, 1.54) is 25.7 Å². The van der Waals surface area contributed by atoms with Gasteiger partial charge in [0.2, 0.25) is 0 Å². The Morgan fingerprint density at radius 2 is 0.900 bits per heavy atom. The summed E-state index contributed by atoms with van der Waals surface area (Å²) in [6.45, 7) is 19.3. The molecule has 2 aliphatic rings. The van der Waals surface area contributed by atoms with Gasteiger partial charge >= 0.3 is 0 Å². The second kappa shape index (κ2) is 4.49. The lowest BCUT2D eigenvalue weighted by molar-refractivity contribution is 0.199. The predicted octanol–water partition coefficient (Wildman–Crippen LogP) is 6.53. The van der Waals surface area contributed by atoms with Crippen LogP contribution in [0, 0.1) is 21.7 Å². The van der Waals surface area contributed by atoms with Crippen molar-refractivity contribution in [2.75, 3.05) is 0 Å². The normalized spacial score (nSPS) is 30.4. The van der Waals surface area contributed by atoms with Gasteiger partial charge in [-0.2, -0.15) is 0 Å². The SMILES string of the molecule is CC1(C)C=C(C2=CC(C)(C)CC(C)(C)C2)CC(C)(C)C1. The van der Waals surface area contributed by atoms with Crippen LogP contribution in [0.1, 0.15) is 81.1 Å². The summed E-state index contributed by atoms with van der Waals surface area (Å²) in [5.74, 6) is 0. The summed E-state index contributed by atoms with van der Waals surface area (Å²) >= 11 is 0. The zero-order chi connectivity index (χ0) is 15.4. The molecule has 0 aromatic heterocycles. The van der Waals surface area contributed by atoms with Gasteiger partial charge in [0.1, 0.15) is 0 Å². The number of allylic oxidation sites excluding steroid dienone is 4. The smallest absolute Gasteiger partial charge is 0.0164 e. The summed E-state index contributed by atoms with van der Waals surface area (Å²) in [7, 11) is 0. The third kappa shape index (κ3) is 3.77. The molecule has 0 aromatic rings. The molecule has 0 N–H and O–H groups in total. The maximum atomic E-state index is 2.57. The largest absolute Gasteiger partial charge is 0.0753 e. The van der Waals surface area contributed by atoms with E-state index in [1.54, 1.807) is 11.1 Å². The van der Waals surface area contributed by atoms with Crippen LogP contribution in [-0.2, 0) is 0 Å². The second-order valence-corrected chi connectivity index (χ2v) is 10.4. The van der Waals surface area contributed by atoms with Crippen molar-refractivity contribution in [1.82, 2.24) is 0 Å². The Kier molecular flexibility index (Phi) is 3.56. The zero-order valence-corrected chi connectivity index (χ0v) is 15.0. The van der Waals surface area contributed by atoms with Crippen LogP contribution in [0.4, 0.5) is 0 Å². The van der Waals surface area contributed by atoms with Gasteiger partial charge in [-0.1, -0.05) is 67.5 Å². The van der Waals surface area contributed by atoms with Crippen molar-refractivity contribution in [3.05, 3.63) is 23.3 Å². The van der Waals surface area contributed by atoms with Gasteiger partial charge in [0.05, 0.1) is 0 Å². The summed E-state index contributed by atoms with van der Waals surface area (Å²) < 4.78 is 0. The maximum absolute atomic E-state index is 2.57. The van der Waals surface area contributed by atoms with Gasteiger partial charge in [-0.25, -0.2) is 0 Å². The third-order valence-corrected chi connectivity index (χ3v) is 4.75. The molecule has 0 nitrogen and oxygen atoms in total. The third-order valence-electron chi connectivity index (χ3n) is 4.75. The van der Waals surface area contributed by atoms with Gasteiger partial charge in [0.25, 0.3) is 0 Å². The minimum absolute atomic E-state index is 0.337. The van der Waals surface area contributed by atoms with Gasteiger partial charge in [0, 0.05) is 0 Å². The minimum atomic E-state index is 0.337. The summed E-state index contributed by atoms with van der Waals surface area (Å²) in [5, 5.41) is 0. The standard InChI is InChI=1S/C20H34/c1-17(2)9-15(10-18(3,4)13-17)16-11-19(5,6)14-20(7,8)12-16/h9,11H,10,12-14H2,1-8H3. The highest BCUT2D eigenvalue weighted by Gasteiger charge is 2.38. The van der Waals surface area contributed by atoms with Gasteiger partial charge in [-0.15, -0.1) is 0 Å². The van der Waals surface area contributed by atoms with Crippen LogP contribution in [-0.4, -0.2) is 0 Å². The predicted molar refractivity (Wildman–Crippen MR) is 89.8 cm³/mol. The van der Waals surface area contributed by atoms with Crippen LogP contribution < -0.4 is 0 Å². The van der Waals surface area contributed by atoms with Crippen LogP contribution in [0.15, 0.2) is 23.3 Å². The molecule has 0 amide bonds. The molecule has 0 bridgehead atoms. The lowest BCUT2D eigenvalue weighted by atomic mass is 9.61. The highest BCUT2D eigenvalue weighted by atomic mass is 14.4. The van der Waals surface area contributed by atoms with Gasteiger partial charge in [0.15, 0.2) is 0 Å².